The largest absolute Gasteiger partial charge is 0.433 e. The molecule has 0 saturated carbocycles. The van der Waals surface area contributed by atoms with E-state index < -0.39 is 11.9 Å². The molecule has 2 N–H and O–H groups in total. The van der Waals surface area contributed by atoms with E-state index in [1.807, 2.05) is 0 Å². The average molecular weight is 345 g/mol. The Balaban J connectivity index is 1.81. The first-order valence-corrected chi connectivity index (χ1v) is 6.92. The number of amides is 1. The zero-order valence-corrected chi connectivity index (χ0v) is 12.4. The van der Waals surface area contributed by atoms with Gasteiger partial charge in [0.1, 0.15) is 5.69 Å². The van der Waals surface area contributed by atoms with E-state index in [1.165, 1.54) is 0 Å². The molecule has 0 radical (unpaired) electrons. The fourth-order valence-corrected chi connectivity index (χ4v) is 1.78. The van der Waals surface area contributed by atoms with E-state index in [9.17, 15) is 18.0 Å². The minimum atomic E-state index is -4.53. The highest BCUT2D eigenvalue weighted by Crippen LogP contribution is 2.27. The second-order valence-electron chi connectivity index (χ2n) is 4.45. The van der Waals surface area contributed by atoms with Crippen LogP contribution in [0.3, 0.4) is 0 Å². The van der Waals surface area contributed by atoms with Gasteiger partial charge in [-0.25, -0.2) is 9.97 Å². The van der Waals surface area contributed by atoms with Crippen LogP contribution in [0, 0.1) is 0 Å². The summed E-state index contributed by atoms with van der Waals surface area (Å²) in [6, 6.07) is 7.10. The molecule has 122 valence electrons. The molecule has 0 atom stereocenters. The Labute approximate surface area is 134 Å². The Morgan fingerprint density at radius 3 is 2.48 bits per heavy atom. The van der Waals surface area contributed by atoms with Gasteiger partial charge in [0, 0.05) is 29.9 Å². The zero-order chi connectivity index (χ0) is 16.9. The monoisotopic (exact) mass is 344 g/mol. The lowest BCUT2D eigenvalue weighted by atomic mass is 10.2. The van der Waals surface area contributed by atoms with Crippen molar-refractivity contribution in [1.29, 1.82) is 0 Å². The van der Waals surface area contributed by atoms with Crippen molar-refractivity contribution < 1.29 is 18.0 Å². The maximum Gasteiger partial charge on any atom is 0.433 e. The van der Waals surface area contributed by atoms with Gasteiger partial charge in [-0.2, -0.15) is 13.2 Å². The number of carbonyl (C=O) groups is 1. The maximum atomic E-state index is 12.5. The fraction of sp³-hybridized carbons (Fsp3) is 0.214. The fourth-order valence-electron chi connectivity index (χ4n) is 1.66. The van der Waals surface area contributed by atoms with Gasteiger partial charge in [-0.15, -0.1) is 0 Å². The molecule has 0 aliphatic heterocycles. The lowest BCUT2D eigenvalue weighted by Gasteiger charge is -2.09. The number of benzene rings is 1. The third-order valence-electron chi connectivity index (χ3n) is 2.75. The number of nitrogens with zero attached hydrogens (tertiary/aromatic N) is 2. The Hall–Kier alpha value is -2.35. The van der Waals surface area contributed by atoms with Crippen LogP contribution in [-0.4, -0.2) is 29.0 Å². The first-order valence-electron chi connectivity index (χ1n) is 6.54. The van der Waals surface area contributed by atoms with E-state index in [0.717, 1.165) is 12.3 Å². The lowest BCUT2D eigenvalue weighted by Crippen LogP contribution is -2.29. The third kappa shape index (κ3) is 5.10. The highest BCUT2D eigenvalue weighted by Gasteiger charge is 2.32. The van der Waals surface area contributed by atoms with Crippen LogP contribution < -0.4 is 10.6 Å². The van der Waals surface area contributed by atoms with Gasteiger partial charge in [0.25, 0.3) is 5.91 Å². The summed E-state index contributed by atoms with van der Waals surface area (Å²) in [6.45, 7) is 0.377. The number of hydrogen-bond donors (Lipinski definition) is 2. The van der Waals surface area contributed by atoms with Crippen LogP contribution in [0.4, 0.5) is 19.1 Å². The molecule has 2 rings (SSSR count). The van der Waals surface area contributed by atoms with Crippen molar-refractivity contribution in [2.24, 2.45) is 0 Å². The minimum absolute atomic E-state index is 0.152. The van der Waals surface area contributed by atoms with Crippen molar-refractivity contribution in [3.63, 3.8) is 0 Å². The van der Waals surface area contributed by atoms with Crippen LogP contribution in [0.2, 0.25) is 5.02 Å². The van der Waals surface area contributed by atoms with E-state index in [0.29, 0.717) is 10.6 Å². The molecule has 1 heterocycles. The third-order valence-corrected chi connectivity index (χ3v) is 3.00. The molecule has 1 aromatic heterocycles. The summed E-state index contributed by atoms with van der Waals surface area (Å²) < 4.78 is 37.5. The van der Waals surface area contributed by atoms with Crippen LogP contribution in [0.25, 0.3) is 0 Å². The van der Waals surface area contributed by atoms with Crippen molar-refractivity contribution in [2.45, 2.75) is 6.18 Å². The highest BCUT2D eigenvalue weighted by atomic mass is 35.5. The molecule has 9 heteroatoms. The van der Waals surface area contributed by atoms with Crippen molar-refractivity contribution in [2.75, 3.05) is 18.4 Å². The van der Waals surface area contributed by atoms with Crippen LogP contribution in [0.15, 0.2) is 36.5 Å². The molecular formula is C14H12ClF3N4O. The Kier molecular flexibility index (Phi) is 5.38. The number of anilines is 1. The Morgan fingerprint density at radius 2 is 1.83 bits per heavy atom. The van der Waals surface area contributed by atoms with Crippen LogP contribution in [0.5, 0.6) is 0 Å². The van der Waals surface area contributed by atoms with Gasteiger partial charge in [-0.1, -0.05) is 11.6 Å². The number of halogens is 4. The molecule has 0 spiro atoms. The molecule has 1 amide bonds. The summed E-state index contributed by atoms with van der Waals surface area (Å²) in [5.74, 6) is -0.464. The summed E-state index contributed by atoms with van der Waals surface area (Å²) in [7, 11) is 0. The molecule has 0 unspecified atom stereocenters. The van der Waals surface area contributed by atoms with Gasteiger partial charge < -0.3 is 10.6 Å². The van der Waals surface area contributed by atoms with Crippen molar-refractivity contribution >= 4 is 23.5 Å². The number of carbonyl (C=O) groups excluding carboxylic acids is 1. The lowest BCUT2D eigenvalue weighted by molar-refractivity contribution is -0.141. The second kappa shape index (κ2) is 7.28. The smallest absolute Gasteiger partial charge is 0.352 e. The normalized spacial score (nSPS) is 11.1. The first-order chi connectivity index (χ1) is 10.9. The molecule has 0 bridgehead atoms. The molecule has 0 fully saturated rings. The number of hydrogen-bond acceptors (Lipinski definition) is 4. The van der Waals surface area contributed by atoms with Gasteiger partial charge >= 0.3 is 6.18 Å². The molecule has 0 aliphatic rings. The van der Waals surface area contributed by atoms with Crippen LogP contribution in [-0.2, 0) is 6.18 Å². The first kappa shape index (κ1) is 17.0. The van der Waals surface area contributed by atoms with Crippen molar-refractivity contribution in [3.8, 4) is 0 Å². The summed E-state index contributed by atoms with van der Waals surface area (Å²) >= 11 is 5.72. The van der Waals surface area contributed by atoms with Gasteiger partial charge in [0.2, 0.25) is 5.95 Å². The molecule has 2 aromatic rings. The van der Waals surface area contributed by atoms with Crippen molar-refractivity contribution in [3.05, 3.63) is 52.8 Å². The van der Waals surface area contributed by atoms with E-state index in [-0.39, 0.29) is 24.9 Å². The van der Waals surface area contributed by atoms with E-state index in [4.69, 9.17) is 11.6 Å². The van der Waals surface area contributed by atoms with Crippen molar-refractivity contribution in [1.82, 2.24) is 15.3 Å². The summed E-state index contributed by atoms with van der Waals surface area (Å²) in [4.78, 5) is 18.8. The number of alkyl halides is 3. The topological polar surface area (TPSA) is 66.9 Å². The van der Waals surface area contributed by atoms with E-state index >= 15 is 0 Å². The quantitative estimate of drug-likeness (QED) is 0.818. The molecule has 0 aliphatic carbocycles. The minimum Gasteiger partial charge on any atom is -0.352 e. The van der Waals surface area contributed by atoms with E-state index in [1.54, 1.807) is 24.3 Å². The van der Waals surface area contributed by atoms with Crippen LogP contribution in [0.1, 0.15) is 16.1 Å². The Morgan fingerprint density at radius 1 is 1.13 bits per heavy atom. The van der Waals surface area contributed by atoms with Crippen LogP contribution >= 0.6 is 11.6 Å². The molecule has 23 heavy (non-hydrogen) atoms. The number of rotatable bonds is 5. The summed E-state index contributed by atoms with van der Waals surface area (Å²) in [5, 5.41) is 5.74. The molecule has 1 aromatic carbocycles. The molecule has 5 nitrogen and oxygen atoms in total. The van der Waals surface area contributed by atoms with Gasteiger partial charge in [-0.3, -0.25) is 4.79 Å². The van der Waals surface area contributed by atoms with Gasteiger partial charge in [0.05, 0.1) is 0 Å². The molecule has 0 saturated heterocycles. The van der Waals surface area contributed by atoms with Gasteiger partial charge in [-0.05, 0) is 30.3 Å². The standard InChI is InChI=1S/C14H12ClF3N4O/c15-10-3-1-9(2-4-10)12(23)19-7-8-21-13-20-6-5-11(22-13)14(16,17)18/h1-6H,7-8H2,(H,19,23)(H,20,21,22). The predicted octanol–water partition coefficient (Wildman–Crippen LogP) is 2.99. The number of aromatic nitrogens is 2. The number of nitrogens with one attached hydrogen (secondary N) is 2. The van der Waals surface area contributed by atoms with E-state index in [2.05, 4.69) is 20.6 Å². The maximum absolute atomic E-state index is 12.5. The summed E-state index contributed by atoms with van der Waals surface area (Å²) in [5.41, 5.74) is -0.593. The zero-order valence-electron chi connectivity index (χ0n) is 11.7. The second-order valence-corrected chi connectivity index (χ2v) is 4.89. The highest BCUT2D eigenvalue weighted by molar-refractivity contribution is 6.30. The predicted molar refractivity (Wildman–Crippen MR) is 79.3 cm³/mol. The summed E-state index contributed by atoms with van der Waals surface area (Å²) in [6.07, 6.45) is -3.51. The van der Waals surface area contributed by atoms with Gasteiger partial charge in [0.15, 0.2) is 0 Å². The Bertz CT molecular complexity index is 676. The molecular weight excluding hydrogens is 333 g/mol. The SMILES string of the molecule is O=C(NCCNc1nccc(C(F)(F)F)n1)c1ccc(Cl)cc1. The average Bonchev–Trinajstić information content (AvgIpc) is 2.51.